The van der Waals surface area contributed by atoms with E-state index in [0.29, 0.717) is 19.4 Å². The predicted molar refractivity (Wildman–Crippen MR) is 105 cm³/mol. The molecular formula is C22H28N2O3. The normalized spacial score (nSPS) is 24.7. The highest BCUT2D eigenvalue weighted by molar-refractivity contribution is 5.86. The van der Waals surface area contributed by atoms with E-state index in [-0.39, 0.29) is 23.1 Å². The molecule has 1 N–H and O–H groups in total. The Balaban J connectivity index is 1.83. The molecule has 1 aromatic heterocycles. The van der Waals surface area contributed by atoms with Gasteiger partial charge in [0.05, 0.1) is 6.04 Å². The zero-order valence-electron chi connectivity index (χ0n) is 16.2. The molecule has 1 fully saturated rings. The summed E-state index contributed by atoms with van der Waals surface area (Å²) in [4.78, 5) is 30.3. The summed E-state index contributed by atoms with van der Waals surface area (Å²) in [5.41, 5.74) is 3.53. The van der Waals surface area contributed by atoms with Gasteiger partial charge >= 0.3 is 0 Å². The summed E-state index contributed by atoms with van der Waals surface area (Å²) < 4.78 is 5.43. The van der Waals surface area contributed by atoms with E-state index in [1.807, 2.05) is 6.07 Å². The number of aromatic nitrogens is 1. The lowest BCUT2D eigenvalue weighted by atomic mass is 9.65. The Hall–Kier alpha value is -2.14. The van der Waals surface area contributed by atoms with Crippen molar-refractivity contribution in [1.29, 1.82) is 0 Å². The van der Waals surface area contributed by atoms with E-state index in [2.05, 4.69) is 28.1 Å². The van der Waals surface area contributed by atoms with Crippen molar-refractivity contribution < 1.29 is 14.3 Å². The van der Waals surface area contributed by atoms with Crippen LogP contribution < -0.4 is 0 Å². The van der Waals surface area contributed by atoms with Crippen molar-refractivity contribution >= 4 is 22.6 Å². The molecule has 27 heavy (non-hydrogen) atoms. The van der Waals surface area contributed by atoms with Crippen molar-refractivity contribution in [3.63, 3.8) is 0 Å². The topological polar surface area (TPSA) is 62.4 Å². The van der Waals surface area contributed by atoms with E-state index in [0.717, 1.165) is 37.7 Å². The van der Waals surface area contributed by atoms with Gasteiger partial charge in [0.2, 0.25) is 5.91 Å². The molecule has 1 saturated heterocycles. The van der Waals surface area contributed by atoms with Crippen LogP contribution in [-0.4, -0.2) is 41.8 Å². The van der Waals surface area contributed by atoms with E-state index in [1.165, 1.54) is 16.6 Å². The minimum Gasteiger partial charge on any atom is -0.385 e. The minimum atomic E-state index is -0.119. The molecule has 2 aliphatic rings. The van der Waals surface area contributed by atoms with Crippen molar-refractivity contribution in [1.82, 2.24) is 9.88 Å². The molecule has 0 bridgehead atoms. The molecule has 1 amide bonds. The van der Waals surface area contributed by atoms with Gasteiger partial charge in [0.25, 0.3) is 0 Å². The van der Waals surface area contributed by atoms with Crippen molar-refractivity contribution in [3.8, 4) is 0 Å². The molecule has 0 aliphatic carbocycles. The minimum absolute atomic E-state index is 0.00407. The molecule has 0 spiro atoms. The number of piperidine rings is 1. The largest absolute Gasteiger partial charge is 0.385 e. The smallest absolute Gasteiger partial charge is 0.223 e. The van der Waals surface area contributed by atoms with Gasteiger partial charge in [0.15, 0.2) is 0 Å². The maximum atomic E-state index is 12.8. The summed E-state index contributed by atoms with van der Waals surface area (Å²) in [5, 5.41) is 1.26. The molecule has 0 saturated carbocycles. The third-order valence-electron chi connectivity index (χ3n) is 6.55. The number of nitrogens with one attached hydrogen (secondary N) is 1. The van der Waals surface area contributed by atoms with Crippen LogP contribution in [0.5, 0.6) is 0 Å². The highest BCUT2D eigenvalue weighted by Crippen LogP contribution is 2.54. The number of amides is 1. The predicted octanol–water partition coefficient (Wildman–Crippen LogP) is 3.78. The summed E-state index contributed by atoms with van der Waals surface area (Å²) in [6.07, 6.45) is 4.48. The second-order valence-electron chi connectivity index (χ2n) is 8.11. The lowest BCUT2D eigenvalue weighted by Crippen LogP contribution is -2.52. The monoisotopic (exact) mass is 368 g/mol. The SMILES string of the molecule is COCC[C@@]1(CCC(C)=O)CCC(=O)N2CCc3c([nH]c4ccccc34)[C@@H]21. The molecule has 0 radical (unpaired) electrons. The first kappa shape index (κ1) is 18.2. The number of ether oxygens (including phenoxy) is 1. The average Bonchev–Trinajstić information content (AvgIpc) is 3.05. The number of hydrogen-bond acceptors (Lipinski definition) is 3. The van der Waals surface area contributed by atoms with Crippen molar-refractivity contribution in [2.24, 2.45) is 5.41 Å². The number of aromatic amines is 1. The number of carbonyl (C=O) groups excluding carboxylic acids is 2. The first-order valence-electron chi connectivity index (χ1n) is 9.93. The molecule has 2 atom stereocenters. The van der Waals surface area contributed by atoms with Crippen LogP contribution in [0.4, 0.5) is 0 Å². The van der Waals surface area contributed by atoms with Gasteiger partial charge in [-0.05, 0) is 49.7 Å². The lowest BCUT2D eigenvalue weighted by Gasteiger charge is -2.52. The van der Waals surface area contributed by atoms with Gasteiger partial charge in [-0.2, -0.15) is 0 Å². The molecular weight excluding hydrogens is 340 g/mol. The van der Waals surface area contributed by atoms with E-state index in [1.54, 1.807) is 14.0 Å². The average molecular weight is 368 g/mol. The Kier molecular flexibility index (Phi) is 4.81. The molecule has 0 unspecified atom stereocenters. The van der Waals surface area contributed by atoms with E-state index in [4.69, 9.17) is 4.74 Å². The zero-order chi connectivity index (χ0) is 19.0. The zero-order valence-corrected chi connectivity index (χ0v) is 16.2. The van der Waals surface area contributed by atoms with Crippen LogP contribution in [0.3, 0.4) is 0 Å². The summed E-state index contributed by atoms with van der Waals surface area (Å²) in [7, 11) is 1.72. The number of carbonyl (C=O) groups is 2. The van der Waals surface area contributed by atoms with Crippen LogP contribution in [0.2, 0.25) is 0 Å². The van der Waals surface area contributed by atoms with Crippen molar-refractivity contribution in [3.05, 3.63) is 35.5 Å². The standard InChI is InChI=1S/C22H28N2O3/c1-15(25)7-10-22(12-14-27-2)11-8-19(26)24-13-9-17-16-5-3-4-6-18(16)23-20(17)21(22)24/h3-6,21,23H,7-14H2,1-2H3/t21-,22-/m1/s1. The highest BCUT2D eigenvalue weighted by Gasteiger charge is 2.50. The van der Waals surface area contributed by atoms with Gasteiger partial charge < -0.3 is 19.4 Å². The maximum Gasteiger partial charge on any atom is 0.223 e. The molecule has 2 aliphatic heterocycles. The van der Waals surface area contributed by atoms with Gasteiger partial charge in [-0.25, -0.2) is 0 Å². The fraction of sp³-hybridized carbons (Fsp3) is 0.545. The highest BCUT2D eigenvalue weighted by atomic mass is 16.5. The molecule has 144 valence electrons. The molecule has 5 heteroatoms. The van der Waals surface area contributed by atoms with Crippen LogP contribution in [0.1, 0.15) is 56.3 Å². The number of Topliss-reactive ketones (excluding diaryl/α,β-unsaturated/α-hetero) is 1. The number of benzene rings is 1. The van der Waals surface area contributed by atoms with Crippen LogP contribution in [0.25, 0.3) is 10.9 Å². The number of ketones is 1. The van der Waals surface area contributed by atoms with Crippen molar-refractivity contribution in [2.45, 2.75) is 51.5 Å². The van der Waals surface area contributed by atoms with Crippen LogP contribution in [0, 0.1) is 5.41 Å². The maximum absolute atomic E-state index is 12.8. The number of fused-ring (bicyclic) bond motifs is 5. The number of nitrogens with zero attached hydrogens (tertiary/aromatic N) is 1. The van der Waals surface area contributed by atoms with Gasteiger partial charge in [-0.1, -0.05) is 18.2 Å². The molecule has 1 aromatic carbocycles. The van der Waals surface area contributed by atoms with E-state index >= 15 is 0 Å². The lowest BCUT2D eigenvalue weighted by molar-refractivity contribution is -0.146. The molecule has 4 rings (SSSR count). The van der Waals surface area contributed by atoms with Gasteiger partial charge in [-0.15, -0.1) is 0 Å². The Morgan fingerprint density at radius 1 is 1.30 bits per heavy atom. The summed E-state index contributed by atoms with van der Waals surface area (Å²) >= 11 is 0. The number of hydrogen-bond donors (Lipinski definition) is 1. The number of methoxy groups -OCH3 is 1. The number of H-pyrrole nitrogens is 1. The summed E-state index contributed by atoms with van der Waals surface area (Å²) in [6, 6.07) is 8.39. The van der Waals surface area contributed by atoms with Crippen LogP contribution >= 0.6 is 0 Å². The first-order valence-corrected chi connectivity index (χ1v) is 9.93. The second-order valence-corrected chi connectivity index (χ2v) is 8.11. The van der Waals surface area contributed by atoms with Gasteiger partial charge in [-0.3, -0.25) is 4.79 Å². The Labute approximate surface area is 160 Å². The summed E-state index contributed by atoms with van der Waals surface area (Å²) in [5.74, 6) is 0.447. The number of para-hydroxylation sites is 1. The molecule has 5 nitrogen and oxygen atoms in total. The summed E-state index contributed by atoms with van der Waals surface area (Å²) in [6.45, 7) is 3.06. The van der Waals surface area contributed by atoms with Crippen LogP contribution in [-0.2, 0) is 20.7 Å². The van der Waals surface area contributed by atoms with Crippen LogP contribution in [0.15, 0.2) is 24.3 Å². The van der Waals surface area contributed by atoms with E-state index in [9.17, 15) is 9.59 Å². The Morgan fingerprint density at radius 2 is 2.11 bits per heavy atom. The third kappa shape index (κ3) is 3.08. The Bertz CT molecular complexity index is 872. The fourth-order valence-electron chi connectivity index (χ4n) is 5.16. The number of rotatable bonds is 6. The van der Waals surface area contributed by atoms with E-state index < -0.39 is 0 Å². The van der Waals surface area contributed by atoms with Gasteiger partial charge in [0, 0.05) is 49.7 Å². The Morgan fingerprint density at radius 3 is 2.89 bits per heavy atom. The van der Waals surface area contributed by atoms with Crippen molar-refractivity contribution in [2.75, 3.05) is 20.3 Å². The molecule has 3 heterocycles. The first-order chi connectivity index (χ1) is 13.1. The quantitative estimate of drug-likeness (QED) is 0.844. The second kappa shape index (κ2) is 7.12. The fourth-order valence-corrected chi connectivity index (χ4v) is 5.16. The third-order valence-corrected chi connectivity index (χ3v) is 6.55. The molecule has 2 aromatic rings. The van der Waals surface area contributed by atoms with Gasteiger partial charge in [0.1, 0.15) is 5.78 Å².